The molecule has 15 heteroatoms. The van der Waals surface area contributed by atoms with E-state index < -0.39 is 27.1 Å². The normalized spacial score (nSPS) is 23.1. The van der Waals surface area contributed by atoms with Gasteiger partial charge in [-0.1, -0.05) is 38.8 Å². The van der Waals surface area contributed by atoms with Gasteiger partial charge in [0.2, 0.25) is 11.7 Å². The zero-order valence-electron chi connectivity index (χ0n) is 23.0. The Bertz CT molecular complexity index is 1650. The minimum atomic E-state index is -9.85. The van der Waals surface area contributed by atoms with E-state index in [1.165, 1.54) is 4.52 Å². The second-order valence-corrected chi connectivity index (χ2v) is 13.7. The molecular formula is C27H32F5N7O2S. The molecule has 1 amide bonds. The van der Waals surface area contributed by atoms with Crippen LogP contribution < -0.4 is 21.1 Å². The summed E-state index contributed by atoms with van der Waals surface area (Å²) < 4.78 is 68.9. The summed E-state index contributed by atoms with van der Waals surface area (Å²) in [6.07, 6.45) is 7.18. The Kier molecular flexibility index (Phi) is 6.50. The molecule has 9 nitrogen and oxygen atoms in total. The average molecular weight is 614 g/mol. The van der Waals surface area contributed by atoms with Gasteiger partial charge in [0.1, 0.15) is 16.6 Å². The lowest BCUT2D eigenvalue weighted by molar-refractivity contribution is -0.119. The lowest BCUT2D eigenvalue weighted by Gasteiger charge is -2.40. The lowest BCUT2D eigenvalue weighted by atomic mass is 10.0. The number of rotatable bonds is 5. The van der Waals surface area contributed by atoms with Gasteiger partial charge in [0, 0.05) is 37.8 Å². The van der Waals surface area contributed by atoms with Crippen molar-refractivity contribution in [3.05, 3.63) is 52.2 Å². The minimum Gasteiger partial charge on any atom is -0.363 e. The van der Waals surface area contributed by atoms with Crippen molar-refractivity contribution in [2.45, 2.75) is 62.3 Å². The maximum Gasteiger partial charge on any atom is 0.310 e. The predicted octanol–water partition coefficient (Wildman–Crippen LogP) is 5.99. The van der Waals surface area contributed by atoms with Gasteiger partial charge in [-0.15, -0.1) is 5.10 Å². The molecule has 42 heavy (non-hydrogen) atoms. The molecule has 1 aliphatic carbocycles. The van der Waals surface area contributed by atoms with Crippen molar-refractivity contribution in [3.63, 3.8) is 0 Å². The molecule has 2 aromatic heterocycles. The molecule has 0 radical (unpaired) electrons. The number of hydrogen-bond donors (Lipinski definition) is 2. The summed E-state index contributed by atoms with van der Waals surface area (Å²) >= 11 is 0. The van der Waals surface area contributed by atoms with Crippen molar-refractivity contribution in [2.24, 2.45) is 0 Å². The summed E-state index contributed by atoms with van der Waals surface area (Å²) in [5.41, 5.74) is 1.69. The van der Waals surface area contributed by atoms with Gasteiger partial charge in [0.05, 0.1) is 5.69 Å². The maximum absolute atomic E-state index is 13.9. The SMILES string of the molecule is C[C@@H]1C[C@H](C(=O)Nc2ccc(S(F)(F)(F)(F)F)cc2)n2c1c(N1CCNCC1)c(=O)n1nc(C3=CCCCCC3)nc21. The second kappa shape index (κ2) is 9.53. The van der Waals surface area contributed by atoms with Crippen molar-refractivity contribution in [2.75, 3.05) is 36.4 Å². The highest BCUT2D eigenvalue weighted by Crippen LogP contribution is 3.02. The van der Waals surface area contributed by atoms with Crippen molar-refractivity contribution >= 4 is 38.9 Å². The van der Waals surface area contributed by atoms with Crippen LogP contribution in [0.5, 0.6) is 0 Å². The van der Waals surface area contributed by atoms with Crippen molar-refractivity contribution in [3.8, 4) is 0 Å². The van der Waals surface area contributed by atoms with Gasteiger partial charge >= 0.3 is 10.2 Å². The summed E-state index contributed by atoms with van der Waals surface area (Å²) in [5, 5.41) is 10.5. The molecule has 3 aromatic rings. The lowest BCUT2D eigenvalue weighted by Crippen LogP contribution is -2.46. The molecule has 1 saturated heterocycles. The Labute approximate surface area is 238 Å². The molecule has 2 N–H and O–H groups in total. The number of carbonyl (C=O) groups is 1. The van der Waals surface area contributed by atoms with Crippen LogP contribution in [0.25, 0.3) is 11.4 Å². The fraction of sp³-hybridized carbons (Fsp3) is 0.481. The van der Waals surface area contributed by atoms with Crippen LogP contribution in [0.3, 0.4) is 0 Å². The number of halogens is 5. The van der Waals surface area contributed by atoms with E-state index in [4.69, 9.17) is 4.98 Å². The van der Waals surface area contributed by atoms with E-state index in [1.54, 1.807) is 4.57 Å². The molecule has 0 spiro atoms. The number of anilines is 2. The molecule has 2 atom stereocenters. The van der Waals surface area contributed by atoms with Crippen molar-refractivity contribution in [1.29, 1.82) is 0 Å². The number of carbonyl (C=O) groups excluding carboxylic acids is 1. The monoisotopic (exact) mass is 613 g/mol. The van der Waals surface area contributed by atoms with Crippen LogP contribution in [-0.4, -0.2) is 51.3 Å². The van der Waals surface area contributed by atoms with Crippen LogP contribution in [0.4, 0.5) is 30.8 Å². The molecule has 1 fully saturated rings. The Morgan fingerprint density at radius 3 is 2.45 bits per heavy atom. The molecule has 1 aromatic carbocycles. The summed E-state index contributed by atoms with van der Waals surface area (Å²) in [4.78, 5) is 32.3. The molecule has 3 aliphatic rings. The van der Waals surface area contributed by atoms with Gasteiger partial charge in [0.25, 0.3) is 5.56 Å². The molecule has 0 saturated carbocycles. The number of hydrogen-bond acceptors (Lipinski definition) is 6. The highest BCUT2D eigenvalue weighted by atomic mass is 32.5. The Morgan fingerprint density at radius 2 is 1.76 bits per heavy atom. The van der Waals surface area contributed by atoms with E-state index in [0.717, 1.165) is 49.8 Å². The van der Waals surface area contributed by atoms with Crippen LogP contribution >= 0.6 is 10.2 Å². The molecular weight excluding hydrogens is 581 g/mol. The van der Waals surface area contributed by atoms with Crippen LogP contribution in [0.15, 0.2) is 40.0 Å². The van der Waals surface area contributed by atoms with E-state index in [9.17, 15) is 29.0 Å². The van der Waals surface area contributed by atoms with E-state index >= 15 is 0 Å². The van der Waals surface area contributed by atoms with Crippen LogP contribution in [-0.2, 0) is 4.79 Å². The van der Waals surface area contributed by atoms with Crippen LogP contribution in [0, 0.1) is 0 Å². The first kappa shape index (κ1) is 28.6. The zero-order valence-corrected chi connectivity index (χ0v) is 23.8. The topological polar surface area (TPSA) is 96.6 Å². The first-order chi connectivity index (χ1) is 19.7. The highest BCUT2D eigenvalue weighted by Gasteiger charge is 2.65. The Balaban J connectivity index is 1.43. The molecule has 228 valence electrons. The summed E-state index contributed by atoms with van der Waals surface area (Å²) in [7, 11) is -9.85. The Morgan fingerprint density at radius 1 is 1.05 bits per heavy atom. The number of aromatic nitrogens is 4. The fourth-order valence-corrected chi connectivity index (χ4v) is 6.79. The first-order valence-electron chi connectivity index (χ1n) is 14.1. The van der Waals surface area contributed by atoms with Gasteiger partial charge in [-0.2, -0.15) is 9.50 Å². The summed E-state index contributed by atoms with van der Waals surface area (Å²) in [5.74, 6) is -0.131. The number of nitrogens with zero attached hydrogens (tertiary/aromatic N) is 5. The Hall–Kier alpha value is -3.46. The number of amides is 1. The highest BCUT2D eigenvalue weighted by molar-refractivity contribution is 8.45. The number of nitrogens with one attached hydrogen (secondary N) is 2. The number of allylic oxidation sites excluding steroid dienone is 2. The molecule has 4 heterocycles. The third kappa shape index (κ3) is 5.27. The van der Waals surface area contributed by atoms with E-state index in [-0.39, 0.29) is 35.1 Å². The number of benzene rings is 1. The maximum atomic E-state index is 13.9. The predicted molar refractivity (Wildman–Crippen MR) is 152 cm³/mol. The largest absolute Gasteiger partial charge is 0.363 e. The fourth-order valence-electron chi connectivity index (χ4n) is 6.14. The zero-order chi connectivity index (χ0) is 29.9. The molecule has 0 bridgehead atoms. The van der Waals surface area contributed by atoms with Gasteiger partial charge in [-0.3, -0.25) is 14.2 Å². The quantitative estimate of drug-likeness (QED) is 0.343. The number of piperazine rings is 1. The van der Waals surface area contributed by atoms with Crippen molar-refractivity contribution in [1.82, 2.24) is 24.5 Å². The molecule has 0 unspecified atom stereocenters. The van der Waals surface area contributed by atoms with Gasteiger partial charge in [-0.25, -0.2) is 0 Å². The summed E-state index contributed by atoms with van der Waals surface area (Å²) in [6, 6.07) is 1.29. The minimum absolute atomic E-state index is 0.0585. The van der Waals surface area contributed by atoms with Crippen molar-refractivity contribution < 1.29 is 24.2 Å². The van der Waals surface area contributed by atoms with Crippen LogP contribution in [0.2, 0.25) is 0 Å². The molecule has 6 rings (SSSR count). The molecule has 2 aliphatic heterocycles. The standard InChI is InChI=1S/C27H32F5N7O2S/c1-17-16-21(25(40)34-19-8-10-20(11-9-19)42(28,29,30,31)32)38-22(17)23(37-14-12-33-13-15-37)26(41)39-27(38)35-24(36-39)18-6-4-2-3-5-7-18/h6,8-11,17,21,33H,2-5,7,12-16H2,1H3,(H,34,40)/t17-,21-/m1/s1. The van der Waals surface area contributed by atoms with Gasteiger partial charge in [-0.05, 0) is 61.9 Å². The van der Waals surface area contributed by atoms with Gasteiger partial charge < -0.3 is 15.5 Å². The summed E-state index contributed by atoms with van der Waals surface area (Å²) in [6.45, 7) is 4.44. The first-order valence-corrected chi connectivity index (χ1v) is 16.0. The van der Waals surface area contributed by atoms with E-state index in [1.807, 2.05) is 11.8 Å². The van der Waals surface area contributed by atoms with E-state index in [2.05, 4.69) is 21.8 Å². The second-order valence-electron chi connectivity index (χ2n) is 11.3. The third-order valence-electron chi connectivity index (χ3n) is 8.19. The third-order valence-corrected chi connectivity index (χ3v) is 9.35. The smallest absolute Gasteiger partial charge is 0.310 e. The van der Waals surface area contributed by atoms with E-state index in [0.29, 0.717) is 49.8 Å². The average Bonchev–Trinajstić information content (AvgIpc) is 3.40. The van der Waals surface area contributed by atoms with Gasteiger partial charge in [0.15, 0.2) is 5.82 Å². The van der Waals surface area contributed by atoms with Crippen LogP contribution in [0.1, 0.15) is 68.9 Å². The number of fused-ring (bicyclic) bond motifs is 3.